The van der Waals surface area contributed by atoms with E-state index in [1.165, 1.54) is 5.56 Å². The Bertz CT molecular complexity index is 374. The third-order valence-electron chi connectivity index (χ3n) is 2.56. The van der Waals surface area contributed by atoms with Crippen LogP contribution < -0.4 is 5.32 Å². The van der Waals surface area contributed by atoms with Gasteiger partial charge in [0.15, 0.2) is 0 Å². The SMILES string of the molecule is C=CCCOCc1cc(C)c(CNC(C)(C)C)o1. The fourth-order valence-corrected chi connectivity index (χ4v) is 1.52. The maximum atomic E-state index is 5.78. The zero-order valence-corrected chi connectivity index (χ0v) is 12.0. The van der Waals surface area contributed by atoms with E-state index in [2.05, 4.69) is 39.6 Å². The summed E-state index contributed by atoms with van der Waals surface area (Å²) in [4.78, 5) is 0. The smallest absolute Gasteiger partial charge is 0.130 e. The predicted molar refractivity (Wildman–Crippen MR) is 74.5 cm³/mol. The molecular formula is C15H25NO2. The minimum absolute atomic E-state index is 0.0971. The topological polar surface area (TPSA) is 34.4 Å². The molecule has 1 N–H and O–H groups in total. The van der Waals surface area contributed by atoms with Crippen LogP contribution in [0.1, 0.15) is 44.3 Å². The summed E-state index contributed by atoms with van der Waals surface area (Å²) in [5.74, 6) is 1.88. The Morgan fingerprint density at radius 2 is 2.17 bits per heavy atom. The number of nitrogens with one attached hydrogen (secondary N) is 1. The average Bonchev–Trinajstić information content (AvgIpc) is 2.62. The van der Waals surface area contributed by atoms with E-state index < -0.39 is 0 Å². The highest BCUT2D eigenvalue weighted by Crippen LogP contribution is 2.16. The van der Waals surface area contributed by atoms with Crippen molar-refractivity contribution in [3.05, 3.63) is 35.8 Å². The first-order valence-corrected chi connectivity index (χ1v) is 6.44. The van der Waals surface area contributed by atoms with Crippen molar-refractivity contribution in [3.8, 4) is 0 Å². The second-order valence-electron chi connectivity index (χ2n) is 5.55. The van der Waals surface area contributed by atoms with Crippen molar-refractivity contribution in [1.82, 2.24) is 5.32 Å². The Balaban J connectivity index is 2.45. The number of aryl methyl sites for hydroxylation is 1. The molecule has 0 unspecified atom stereocenters. The summed E-state index contributed by atoms with van der Waals surface area (Å²) in [5, 5.41) is 3.42. The Hall–Kier alpha value is -1.06. The van der Waals surface area contributed by atoms with Crippen molar-refractivity contribution in [3.63, 3.8) is 0 Å². The van der Waals surface area contributed by atoms with Gasteiger partial charge in [-0.05, 0) is 45.7 Å². The maximum Gasteiger partial charge on any atom is 0.130 e. The van der Waals surface area contributed by atoms with Crippen LogP contribution >= 0.6 is 0 Å². The lowest BCUT2D eigenvalue weighted by atomic mass is 10.1. The van der Waals surface area contributed by atoms with E-state index in [0.717, 1.165) is 24.5 Å². The van der Waals surface area contributed by atoms with Gasteiger partial charge in [-0.3, -0.25) is 0 Å². The summed E-state index contributed by atoms with van der Waals surface area (Å²) in [5.41, 5.74) is 1.27. The van der Waals surface area contributed by atoms with E-state index in [-0.39, 0.29) is 5.54 Å². The molecule has 1 heterocycles. The van der Waals surface area contributed by atoms with Crippen LogP contribution in [-0.2, 0) is 17.9 Å². The fourth-order valence-electron chi connectivity index (χ4n) is 1.52. The second kappa shape index (κ2) is 6.76. The van der Waals surface area contributed by atoms with Crippen LogP contribution in [0.2, 0.25) is 0 Å². The first-order chi connectivity index (χ1) is 8.42. The van der Waals surface area contributed by atoms with E-state index >= 15 is 0 Å². The van der Waals surface area contributed by atoms with Crippen LogP contribution in [-0.4, -0.2) is 12.1 Å². The fraction of sp³-hybridized carbons (Fsp3) is 0.600. The summed E-state index contributed by atoms with van der Waals surface area (Å²) in [7, 11) is 0. The molecule has 0 spiro atoms. The Morgan fingerprint density at radius 1 is 1.44 bits per heavy atom. The van der Waals surface area contributed by atoms with Crippen molar-refractivity contribution in [1.29, 1.82) is 0 Å². The highest BCUT2D eigenvalue weighted by Gasteiger charge is 2.12. The molecule has 0 aliphatic carbocycles. The van der Waals surface area contributed by atoms with E-state index in [9.17, 15) is 0 Å². The summed E-state index contributed by atoms with van der Waals surface area (Å²) >= 11 is 0. The molecule has 0 fully saturated rings. The lowest BCUT2D eigenvalue weighted by Crippen LogP contribution is -2.35. The van der Waals surface area contributed by atoms with Crippen LogP contribution in [0.4, 0.5) is 0 Å². The number of furan rings is 1. The third kappa shape index (κ3) is 5.52. The summed E-state index contributed by atoms with van der Waals surface area (Å²) in [6.45, 7) is 14.1. The maximum absolute atomic E-state index is 5.78. The van der Waals surface area contributed by atoms with Gasteiger partial charge >= 0.3 is 0 Å². The molecule has 3 nitrogen and oxygen atoms in total. The molecule has 0 saturated carbocycles. The number of hydrogen-bond acceptors (Lipinski definition) is 3. The Morgan fingerprint density at radius 3 is 2.78 bits per heavy atom. The molecule has 1 rings (SSSR count). The van der Waals surface area contributed by atoms with Gasteiger partial charge in [-0.1, -0.05) is 6.08 Å². The molecule has 1 aromatic rings. The van der Waals surface area contributed by atoms with Crippen molar-refractivity contribution < 1.29 is 9.15 Å². The van der Waals surface area contributed by atoms with Gasteiger partial charge in [-0.2, -0.15) is 0 Å². The zero-order valence-electron chi connectivity index (χ0n) is 12.0. The van der Waals surface area contributed by atoms with E-state index in [4.69, 9.17) is 9.15 Å². The highest BCUT2D eigenvalue weighted by molar-refractivity contribution is 5.19. The van der Waals surface area contributed by atoms with Crippen molar-refractivity contribution in [2.24, 2.45) is 0 Å². The standard InChI is InChI=1S/C15H25NO2/c1-6-7-8-17-11-13-9-12(2)14(18-13)10-16-15(3,4)5/h6,9,16H,1,7-8,10-11H2,2-5H3. The molecule has 0 aromatic carbocycles. The van der Waals surface area contributed by atoms with Gasteiger partial charge in [0.05, 0.1) is 13.2 Å². The summed E-state index contributed by atoms with van der Waals surface area (Å²) in [6.07, 6.45) is 2.73. The molecular weight excluding hydrogens is 226 g/mol. The minimum atomic E-state index is 0.0971. The summed E-state index contributed by atoms with van der Waals surface area (Å²) in [6, 6.07) is 2.05. The van der Waals surface area contributed by atoms with Gasteiger partial charge in [0.2, 0.25) is 0 Å². The first-order valence-electron chi connectivity index (χ1n) is 6.44. The molecule has 0 saturated heterocycles. The molecule has 0 aliphatic rings. The van der Waals surface area contributed by atoms with Gasteiger partial charge in [-0.15, -0.1) is 6.58 Å². The minimum Gasteiger partial charge on any atom is -0.462 e. The van der Waals surface area contributed by atoms with Crippen LogP contribution in [0.5, 0.6) is 0 Å². The number of rotatable bonds is 7. The number of hydrogen-bond donors (Lipinski definition) is 1. The molecule has 102 valence electrons. The molecule has 18 heavy (non-hydrogen) atoms. The quantitative estimate of drug-likeness (QED) is 0.594. The van der Waals surface area contributed by atoms with Crippen molar-refractivity contribution >= 4 is 0 Å². The molecule has 0 bridgehead atoms. The number of ether oxygens (including phenoxy) is 1. The average molecular weight is 251 g/mol. The first kappa shape index (κ1) is 15.0. The van der Waals surface area contributed by atoms with Crippen LogP contribution in [0.25, 0.3) is 0 Å². The van der Waals surface area contributed by atoms with Gasteiger partial charge in [0, 0.05) is 5.54 Å². The van der Waals surface area contributed by atoms with Gasteiger partial charge in [0.1, 0.15) is 18.1 Å². The van der Waals surface area contributed by atoms with Crippen LogP contribution in [0, 0.1) is 6.92 Å². The van der Waals surface area contributed by atoms with Crippen LogP contribution in [0.3, 0.4) is 0 Å². The molecule has 0 amide bonds. The Kier molecular flexibility index (Phi) is 5.63. The van der Waals surface area contributed by atoms with Crippen molar-refractivity contribution in [2.45, 2.75) is 52.8 Å². The predicted octanol–water partition coefficient (Wildman–Crippen LogP) is 3.57. The lowest BCUT2D eigenvalue weighted by Gasteiger charge is -2.19. The third-order valence-corrected chi connectivity index (χ3v) is 2.56. The van der Waals surface area contributed by atoms with Crippen LogP contribution in [0.15, 0.2) is 23.1 Å². The van der Waals surface area contributed by atoms with Crippen molar-refractivity contribution in [2.75, 3.05) is 6.61 Å². The van der Waals surface area contributed by atoms with E-state index in [1.807, 2.05) is 12.1 Å². The molecule has 0 atom stereocenters. The van der Waals surface area contributed by atoms with E-state index in [0.29, 0.717) is 13.2 Å². The van der Waals surface area contributed by atoms with Gasteiger partial charge < -0.3 is 14.5 Å². The normalized spacial score (nSPS) is 11.8. The Labute approximate surface area is 110 Å². The second-order valence-corrected chi connectivity index (χ2v) is 5.55. The molecule has 0 aliphatic heterocycles. The summed E-state index contributed by atoms with van der Waals surface area (Å²) < 4.78 is 11.3. The molecule has 3 heteroatoms. The highest BCUT2D eigenvalue weighted by atomic mass is 16.5. The monoisotopic (exact) mass is 251 g/mol. The van der Waals surface area contributed by atoms with Gasteiger partial charge in [0.25, 0.3) is 0 Å². The molecule has 0 radical (unpaired) electrons. The van der Waals surface area contributed by atoms with Gasteiger partial charge in [-0.25, -0.2) is 0 Å². The lowest BCUT2D eigenvalue weighted by molar-refractivity contribution is 0.109. The largest absolute Gasteiger partial charge is 0.462 e. The molecule has 1 aromatic heterocycles. The zero-order chi connectivity index (χ0) is 13.6. The van der Waals surface area contributed by atoms with E-state index in [1.54, 1.807) is 0 Å².